The maximum Gasteiger partial charge on any atom is 0.270 e. The normalized spacial score (nSPS) is 17.7. The van der Waals surface area contributed by atoms with Gasteiger partial charge in [0.1, 0.15) is 11.5 Å². The molecule has 1 aromatic heterocycles. The molecule has 176 valence electrons. The second kappa shape index (κ2) is 8.78. The molecule has 7 heteroatoms. The minimum Gasteiger partial charge on any atom is -0.371 e. The lowest BCUT2D eigenvalue weighted by Crippen LogP contribution is -2.59. The first-order valence-corrected chi connectivity index (χ1v) is 12.3. The molecule has 0 bridgehead atoms. The minimum atomic E-state index is -0.339. The molecule has 2 aliphatic rings. The molecule has 1 spiro atoms. The van der Waals surface area contributed by atoms with Crippen LogP contribution in [-0.4, -0.2) is 40.3 Å². The zero-order valence-corrected chi connectivity index (χ0v) is 20.0. The number of aromatic nitrogens is 1. The number of H-pyrrole nitrogens is 1. The van der Waals surface area contributed by atoms with Gasteiger partial charge >= 0.3 is 0 Å². The van der Waals surface area contributed by atoms with Crippen LogP contribution in [0.2, 0.25) is 5.02 Å². The molecule has 2 aliphatic heterocycles. The van der Waals surface area contributed by atoms with E-state index >= 15 is 0 Å². The fourth-order valence-electron chi connectivity index (χ4n) is 5.05. The van der Waals surface area contributed by atoms with Crippen LogP contribution < -0.4 is 10.6 Å². The Morgan fingerprint density at radius 3 is 2.49 bits per heavy atom. The van der Waals surface area contributed by atoms with Gasteiger partial charge < -0.3 is 20.5 Å². The number of rotatable bonds is 3. The number of nitrogens with zero attached hydrogens (tertiary/aromatic N) is 2. The van der Waals surface area contributed by atoms with E-state index < -0.39 is 0 Å². The van der Waals surface area contributed by atoms with Gasteiger partial charge in [-0.05, 0) is 54.8 Å². The molecule has 0 radical (unpaired) electrons. The average Bonchev–Trinajstić information content (AvgIpc) is 3.31. The molecule has 4 aromatic rings. The number of para-hydroxylation sites is 2. The Morgan fingerprint density at radius 1 is 0.943 bits per heavy atom. The van der Waals surface area contributed by atoms with Crippen LogP contribution in [-0.2, 0) is 6.54 Å². The lowest BCUT2D eigenvalue weighted by molar-refractivity contribution is 0.0700. The highest BCUT2D eigenvalue weighted by Gasteiger charge is 2.43. The SMILES string of the molecule is O=C(c1cc2cc(Cl)ccc2[nH]1)N1CCC2(CC1)Nc1ccccc1NC2=NCc1ccccc1. The number of aromatic amines is 1. The molecule has 0 saturated carbocycles. The number of hydrogen-bond donors (Lipinski definition) is 3. The van der Waals surface area contributed by atoms with E-state index in [-0.39, 0.29) is 11.4 Å². The van der Waals surface area contributed by atoms with E-state index in [0.717, 1.165) is 41.0 Å². The first-order chi connectivity index (χ1) is 17.1. The number of amides is 1. The number of amidine groups is 1. The van der Waals surface area contributed by atoms with E-state index in [2.05, 4.69) is 39.9 Å². The fraction of sp³-hybridized carbons (Fsp3) is 0.214. The van der Waals surface area contributed by atoms with Crippen LogP contribution in [0.4, 0.5) is 11.4 Å². The van der Waals surface area contributed by atoms with Crippen LogP contribution in [0.25, 0.3) is 10.9 Å². The summed E-state index contributed by atoms with van der Waals surface area (Å²) in [6.07, 6.45) is 1.53. The van der Waals surface area contributed by atoms with E-state index in [9.17, 15) is 4.79 Å². The maximum atomic E-state index is 13.3. The molecular formula is C28H26ClN5O. The van der Waals surface area contributed by atoms with Gasteiger partial charge in [0, 0.05) is 29.0 Å². The van der Waals surface area contributed by atoms with E-state index in [1.54, 1.807) is 0 Å². The van der Waals surface area contributed by atoms with E-state index in [4.69, 9.17) is 16.6 Å². The van der Waals surface area contributed by atoms with Crippen molar-refractivity contribution in [2.45, 2.75) is 24.9 Å². The number of carbonyl (C=O) groups excluding carboxylic acids is 1. The number of halogens is 1. The number of nitrogens with one attached hydrogen (secondary N) is 3. The van der Waals surface area contributed by atoms with Gasteiger partial charge in [-0.2, -0.15) is 0 Å². The maximum absolute atomic E-state index is 13.3. The van der Waals surface area contributed by atoms with Crippen molar-refractivity contribution in [1.29, 1.82) is 0 Å². The van der Waals surface area contributed by atoms with Gasteiger partial charge in [0.2, 0.25) is 0 Å². The third-order valence-corrected chi connectivity index (χ3v) is 7.22. The fourth-order valence-corrected chi connectivity index (χ4v) is 5.23. The summed E-state index contributed by atoms with van der Waals surface area (Å²) in [5.41, 5.74) is 4.43. The number of aliphatic imine (C=N–C) groups is 1. The highest BCUT2D eigenvalue weighted by atomic mass is 35.5. The van der Waals surface area contributed by atoms with E-state index in [1.807, 2.05) is 59.5 Å². The summed E-state index contributed by atoms with van der Waals surface area (Å²) in [5, 5.41) is 8.97. The second-order valence-electron chi connectivity index (χ2n) is 9.23. The van der Waals surface area contributed by atoms with Crippen LogP contribution in [0, 0.1) is 0 Å². The summed E-state index contributed by atoms with van der Waals surface area (Å²) in [5.74, 6) is 0.950. The molecular weight excluding hydrogens is 458 g/mol. The lowest BCUT2D eigenvalue weighted by atomic mass is 9.83. The van der Waals surface area contributed by atoms with Crippen molar-refractivity contribution in [3.8, 4) is 0 Å². The third kappa shape index (κ3) is 4.15. The molecule has 0 atom stereocenters. The Morgan fingerprint density at radius 2 is 1.69 bits per heavy atom. The van der Waals surface area contributed by atoms with E-state index in [0.29, 0.717) is 30.4 Å². The number of hydrogen-bond acceptors (Lipinski definition) is 3. The minimum absolute atomic E-state index is 0.0131. The summed E-state index contributed by atoms with van der Waals surface area (Å²) >= 11 is 6.12. The van der Waals surface area contributed by atoms with Crippen LogP contribution in [0.3, 0.4) is 0 Å². The highest BCUT2D eigenvalue weighted by Crippen LogP contribution is 2.37. The zero-order chi connectivity index (χ0) is 23.8. The molecule has 0 unspecified atom stereocenters. The number of piperidine rings is 1. The molecule has 1 amide bonds. The molecule has 1 saturated heterocycles. The van der Waals surface area contributed by atoms with Crippen LogP contribution in [0.5, 0.6) is 0 Å². The predicted molar refractivity (Wildman–Crippen MR) is 142 cm³/mol. The second-order valence-corrected chi connectivity index (χ2v) is 9.67. The lowest BCUT2D eigenvalue weighted by Gasteiger charge is -2.46. The number of benzene rings is 3. The van der Waals surface area contributed by atoms with Crippen molar-refractivity contribution in [3.05, 3.63) is 95.1 Å². The van der Waals surface area contributed by atoms with Gasteiger partial charge in [-0.3, -0.25) is 9.79 Å². The standard InChI is InChI=1S/C28H26ClN5O/c29-21-10-11-22-20(16-21)17-25(31-22)26(35)34-14-12-28(13-15-34)27(30-18-19-6-2-1-3-7-19)32-23-8-4-5-9-24(23)33-28/h1-11,16-17,31,33H,12-15,18H2,(H,30,32). The predicted octanol–water partition coefficient (Wildman–Crippen LogP) is 5.93. The molecule has 1 fully saturated rings. The number of carbonyl (C=O) groups is 1. The molecule has 0 aliphatic carbocycles. The van der Waals surface area contributed by atoms with Gasteiger partial charge in [0.15, 0.2) is 0 Å². The molecule has 6 nitrogen and oxygen atoms in total. The van der Waals surface area contributed by atoms with Gasteiger partial charge in [0.25, 0.3) is 5.91 Å². The van der Waals surface area contributed by atoms with Crippen LogP contribution in [0.1, 0.15) is 28.9 Å². The molecule has 3 heterocycles. The molecule has 35 heavy (non-hydrogen) atoms. The van der Waals surface area contributed by atoms with Crippen molar-refractivity contribution in [3.63, 3.8) is 0 Å². The van der Waals surface area contributed by atoms with Crippen molar-refractivity contribution >= 4 is 45.6 Å². The van der Waals surface area contributed by atoms with Crippen molar-refractivity contribution < 1.29 is 4.79 Å². The van der Waals surface area contributed by atoms with E-state index in [1.165, 1.54) is 5.56 Å². The Bertz CT molecular complexity index is 1420. The summed E-state index contributed by atoms with van der Waals surface area (Å²) in [4.78, 5) is 23.5. The summed E-state index contributed by atoms with van der Waals surface area (Å²) in [6, 6.07) is 26.0. The Hall–Kier alpha value is -3.77. The van der Waals surface area contributed by atoms with Crippen molar-refractivity contribution in [1.82, 2.24) is 9.88 Å². The first kappa shape index (κ1) is 21.7. The van der Waals surface area contributed by atoms with Gasteiger partial charge in [-0.15, -0.1) is 0 Å². The largest absolute Gasteiger partial charge is 0.371 e. The number of anilines is 2. The monoisotopic (exact) mass is 483 g/mol. The van der Waals surface area contributed by atoms with Crippen LogP contribution in [0.15, 0.2) is 83.9 Å². The number of likely N-dealkylation sites (tertiary alicyclic amines) is 1. The Labute approximate surface area is 209 Å². The number of fused-ring (bicyclic) bond motifs is 2. The first-order valence-electron chi connectivity index (χ1n) is 11.9. The zero-order valence-electron chi connectivity index (χ0n) is 19.2. The molecule has 3 aromatic carbocycles. The highest BCUT2D eigenvalue weighted by molar-refractivity contribution is 6.31. The van der Waals surface area contributed by atoms with Gasteiger partial charge in [-0.25, -0.2) is 0 Å². The summed E-state index contributed by atoms with van der Waals surface area (Å²) in [6.45, 7) is 1.88. The van der Waals surface area contributed by atoms with Crippen molar-refractivity contribution in [2.24, 2.45) is 4.99 Å². The Balaban J connectivity index is 1.24. The summed E-state index contributed by atoms with van der Waals surface area (Å²) < 4.78 is 0. The topological polar surface area (TPSA) is 72.5 Å². The third-order valence-electron chi connectivity index (χ3n) is 6.99. The van der Waals surface area contributed by atoms with Gasteiger partial charge in [-0.1, -0.05) is 54.1 Å². The molecule has 3 N–H and O–H groups in total. The summed E-state index contributed by atoms with van der Waals surface area (Å²) in [7, 11) is 0. The molecule has 6 rings (SSSR count). The van der Waals surface area contributed by atoms with Crippen molar-refractivity contribution in [2.75, 3.05) is 23.7 Å². The van der Waals surface area contributed by atoms with Crippen LogP contribution >= 0.6 is 11.6 Å². The quantitative estimate of drug-likeness (QED) is 0.338. The smallest absolute Gasteiger partial charge is 0.270 e. The average molecular weight is 484 g/mol. The van der Waals surface area contributed by atoms with Gasteiger partial charge in [0.05, 0.1) is 23.5 Å². The Kier molecular flexibility index (Phi) is 5.46.